The van der Waals surface area contributed by atoms with Crippen LogP contribution in [0.5, 0.6) is 0 Å². The van der Waals surface area contributed by atoms with E-state index in [1.165, 1.54) is 0 Å². The Kier molecular flexibility index (Phi) is 3.93. The molecule has 1 aromatic carbocycles. The van der Waals surface area contributed by atoms with Crippen LogP contribution in [0, 0.1) is 0 Å². The van der Waals surface area contributed by atoms with Crippen LogP contribution in [0.3, 0.4) is 0 Å². The van der Waals surface area contributed by atoms with Crippen molar-refractivity contribution in [3.8, 4) is 11.4 Å². The predicted molar refractivity (Wildman–Crippen MR) is 85.0 cm³/mol. The number of H-pyrrole nitrogens is 1. The van der Waals surface area contributed by atoms with Crippen molar-refractivity contribution in [2.75, 3.05) is 11.9 Å². The number of fused-ring (bicyclic) bond motifs is 1. The van der Waals surface area contributed by atoms with Gasteiger partial charge in [-0.3, -0.25) is 5.32 Å². The standard InChI is InChI=1S/C15H13ClN4O2/c1-2-22-15(21)19-11-8-10-12(13(16)18-11)20-14(17-10)9-6-4-3-5-7-9/h3-8H,2H2,1H3,(H,17,20)(H,18,19,21). The fourth-order valence-electron chi connectivity index (χ4n) is 2.04. The highest BCUT2D eigenvalue weighted by atomic mass is 35.5. The number of aromatic nitrogens is 3. The van der Waals surface area contributed by atoms with E-state index in [1.807, 2.05) is 30.3 Å². The van der Waals surface area contributed by atoms with Crippen LogP contribution in [0.25, 0.3) is 22.4 Å². The summed E-state index contributed by atoms with van der Waals surface area (Å²) in [6.07, 6.45) is -0.576. The van der Waals surface area contributed by atoms with Crippen molar-refractivity contribution in [1.82, 2.24) is 15.0 Å². The lowest BCUT2D eigenvalue weighted by Crippen LogP contribution is -2.14. The Labute approximate surface area is 131 Å². The second-order valence-corrected chi connectivity index (χ2v) is 4.85. The second kappa shape index (κ2) is 6.03. The van der Waals surface area contributed by atoms with Gasteiger partial charge in [-0.25, -0.2) is 14.8 Å². The highest BCUT2D eigenvalue weighted by Crippen LogP contribution is 2.26. The van der Waals surface area contributed by atoms with Gasteiger partial charge in [-0.05, 0) is 6.92 Å². The summed E-state index contributed by atoms with van der Waals surface area (Å²) in [6, 6.07) is 11.3. The molecule has 3 aromatic rings. The number of amides is 1. The minimum atomic E-state index is -0.576. The smallest absolute Gasteiger partial charge is 0.412 e. The number of benzene rings is 1. The van der Waals surface area contributed by atoms with Crippen molar-refractivity contribution in [2.24, 2.45) is 0 Å². The molecule has 0 atom stereocenters. The number of ether oxygens (including phenoxy) is 1. The number of hydrogen-bond acceptors (Lipinski definition) is 4. The van der Waals surface area contributed by atoms with E-state index in [1.54, 1.807) is 13.0 Å². The number of halogens is 1. The molecule has 1 amide bonds. The van der Waals surface area contributed by atoms with Crippen LogP contribution in [0.4, 0.5) is 10.6 Å². The van der Waals surface area contributed by atoms with Gasteiger partial charge in [0.1, 0.15) is 17.2 Å². The maximum absolute atomic E-state index is 11.4. The quantitative estimate of drug-likeness (QED) is 0.719. The maximum atomic E-state index is 11.4. The maximum Gasteiger partial charge on any atom is 0.412 e. The largest absolute Gasteiger partial charge is 0.450 e. The molecule has 0 saturated carbocycles. The zero-order chi connectivity index (χ0) is 15.5. The molecule has 7 heteroatoms. The van der Waals surface area contributed by atoms with Crippen LogP contribution in [-0.2, 0) is 4.74 Å². The summed E-state index contributed by atoms with van der Waals surface area (Å²) in [6.45, 7) is 2.01. The van der Waals surface area contributed by atoms with Gasteiger partial charge in [-0.15, -0.1) is 0 Å². The Morgan fingerprint density at radius 1 is 1.32 bits per heavy atom. The lowest BCUT2D eigenvalue weighted by Gasteiger charge is -2.04. The minimum Gasteiger partial charge on any atom is -0.450 e. The lowest BCUT2D eigenvalue weighted by molar-refractivity contribution is 0.168. The first kappa shape index (κ1) is 14.3. The topological polar surface area (TPSA) is 79.9 Å². The highest BCUT2D eigenvalue weighted by Gasteiger charge is 2.12. The van der Waals surface area contributed by atoms with Gasteiger partial charge in [0.05, 0.1) is 12.1 Å². The van der Waals surface area contributed by atoms with Gasteiger partial charge in [-0.1, -0.05) is 41.9 Å². The molecule has 0 aliphatic carbocycles. The molecule has 0 saturated heterocycles. The Hall–Kier alpha value is -2.60. The molecule has 0 aliphatic heterocycles. The number of anilines is 1. The summed E-state index contributed by atoms with van der Waals surface area (Å²) in [5.41, 5.74) is 2.18. The van der Waals surface area contributed by atoms with Crippen molar-refractivity contribution in [3.63, 3.8) is 0 Å². The molecule has 0 spiro atoms. The molecule has 2 N–H and O–H groups in total. The van der Waals surface area contributed by atoms with Gasteiger partial charge in [-0.2, -0.15) is 0 Å². The van der Waals surface area contributed by atoms with Gasteiger partial charge in [0.2, 0.25) is 0 Å². The van der Waals surface area contributed by atoms with E-state index in [0.717, 1.165) is 5.56 Å². The third-order valence-corrected chi connectivity index (χ3v) is 3.24. The number of imidazole rings is 1. The number of rotatable bonds is 3. The molecule has 0 radical (unpaired) electrons. The molecule has 6 nitrogen and oxygen atoms in total. The summed E-state index contributed by atoms with van der Waals surface area (Å²) >= 11 is 6.14. The van der Waals surface area contributed by atoms with Crippen LogP contribution >= 0.6 is 11.6 Å². The van der Waals surface area contributed by atoms with Crippen molar-refractivity contribution in [3.05, 3.63) is 41.6 Å². The SMILES string of the molecule is CCOC(=O)Nc1cc2[nH]c(-c3ccccc3)nc2c(Cl)n1. The lowest BCUT2D eigenvalue weighted by atomic mass is 10.2. The van der Waals surface area contributed by atoms with Crippen molar-refractivity contribution >= 4 is 34.5 Å². The zero-order valence-electron chi connectivity index (χ0n) is 11.8. The average molecular weight is 317 g/mol. The molecule has 0 aliphatic rings. The van der Waals surface area contributed by atoms with Crippen LogP contribution in [0.1, 0.15) is 6.92 Å². The Morgan fingerprint density at radius 3 is 2.82 bits per heavy atom. The number of hydrogen-bond donors (Lipinski definition) is 2. The molecule has 2 heterocycles. The summed E-state index contributed by atoms with van der Waals surface area (Å²) < 4.78 is 4.81. The predicted octanol–water partition coefficient (Wildman–Crippen LogP) is 3.85. The molecule has 0 fully saturated rings. The molecule has 112 valence electrons. The number of nitrogens with zero attached hydrogens (tertiary/aromatic N) is 2. The third-order valence-electron chi connectivity index (χ3n) is 2.98. The van der Waals surface area contributed by atoms with E-state index in [2.05, 4.69) is 20.3 Å². The number of carbonyl (C=O) groups is 1. The number of aromatic amines is 1. The van der Waals surface area contributed by atoms with Gasteiger partial charge < -0.3 is 9.72 Å². The van der Waals surface area contributed by atoms with E-state index in [9.17, 15) is 4.79 Å². The first-order chi connectivity index (χ1) is 10.7. The molecule has 3 rings (SSSR count). The van der Waals surface area contributed by atoms with Crippen molar-refractivity contribution in [2.45, 2.75) is 6.92 Å². The average Bonchev–Trinajstić information content (AvgIpc) is 2.93. The molecular weight excluding hydrogens is 304 g/mol. The molecule has 0 unspecified atom stereocenters. The molecular formula is C15H13ClN4O2. The van der Waals surface area contributed by atoms with Gasteiger partial charge in [0.15, 0.2) is 5.15 Å². The molecule has 2 aromatic heterocycles. The summed E-state index contributed by atoms with van der Waals surface area (Å²) in [4.78, 5) is 23.2. The van der Waals surface area contributed by atoms with Crippen LogP contribution in [0.2, 0.25) is 5.15 Å². The number of carbonyl (C=O) groups excluding carboxylic acids is 1. The summed E-state index contributed by atoms with van der Waals surface area (Å²) in [7, 11) is 0. The van der Waals surface area contributed by atoms with Crippen LogP contribution < -0.4 is 5.32 Å². The van der Waals surface area contributed by atoms with Crippen molar-refractivity contribution < 1.29 is 9.53 Å². The fourth-order valence-corrected chi connectivity index (χ4v) is 2.28. The second-order valence-electron chi connectivity index (χ2n) is 4.49. The summed E-state index contributed by atoms with van der Waals surface area (Å²) in [5.74, 6) is 0.992. The fraction of sp³-hybridized carbons (Fsp3) is 0.133. The van der Waals surface area contributed by atoms with E-state index < -0.39 is 6.09 Å². The Bertz CT molecular complexity index is 817. The van der Waals surface area contributed by atoms with Gasteiger partial charge in [0.25, 0.3) is 0 Å². The van der Waals surface area contributed by atoms with Crippen LogP contribution in [-0.4, -0.2) is 27.7 Å². The Balaban J connectivity index is 1.98. The van der Waals surface area contributed by atoms with E-state index in [0.29, 0.717) is 22.7 Å². The van der Waals surface area contributed by atoms with Gasteiger partial charge in [0, 0.05) is 11.6 Å². The Morgan fingerprint density at radius 2 is 2.09 bits per heavy atom. The molecule has 0 bridgehead atoms. The van der Waals surface area contributed by atoms with E-state index in [-0.39, 0.29) is 11.8 Å². The van der Waals surface area contributed by atoms with Crippen molar-refractivity contribution in [1.29, 1.82) is 0 Å². The first-order valence-electron chi connectivity index (χ1n) is 6.73. The number of nitrogens with one attached hydrogen (secondary N) is 2. The number of pyridine rings is 1. The molecule has 22 heavy (non-hydrogen) atoms. The van der Waals surface area contributed by atoms with Crippen LogP contribution in [0.15, 0.2) is 36.4 Å². The van der Waals surface area contributed by atoms with E-state index in [4.69, 9.17) is 16.3 Å². The minimum absolute atomic E-state index is 0.211. The highest BCUT2D eigenvalue weighted by molar-refractivity contribution is 6.34. The first-order valence-corrected chi connectivity index (χ1v) is 7.10. The van der Waals surface area contributed by atoms with E-state index >= 15 is 0 Å². The third kappa shape index (κ3) is 2.87. The monoisotopic (exact) mass is 316 g/mol. The summed E-state index contributed by atoms with van der Waals surface area (Å²) in [5, 5.41) is 2.73. The van der Waals surface area contributed by atoms with Gasteiger partial charge >= 0.3 is 6.09 Å². The normalized spacial score (nSPS) is 10.6. The zero-order valence-corrected chi connectivity index (χ0v) is 12.5.